The lowest BCUT2D eigenvalue weighted by molar-refractivity contribution is -0.133. The van der Waals surface area contributed by atoms with Crippen LogP contribution in [-0.4, -0.2) is 55.2 Å². The minimum atomic E-state index is -0.502. The normalized spacial score (nSPS) is 14.5. The fraction of sp³-hybridized carbons (Fsp3) is 0.857. The Morgan fingerprint density at radius 1 is 1.10 bits per heavy atom. The summed E-state index contributed by atoms with van der Waals surface area (Å²) in [6.07, 6.45) is 0. The van der Waals surface area contributed by atoms with Crippen LogP contribution in [0, 0.1) is 11.8 Å². The maximum atomic E-state index is 12.5. The number of carbonyl (C=O) groups excluding carboxylic acids is 2. The summed E-state index contributed by atoms with van der Waals surface area (Å²) in [6.45, 7) is 8.57. The van der Waals surface area contributed by atoms with Gasteiger partial charge in [-0.1, -0.05) is 27.7 Å². The van der Waals surface area contributed by atoms with Gasteiger partial charge in [-0.05, 0) is 18.9 Å². The van der Waals surface area contributed by atoms with E-state index >= 15 is 0 Å². The molecule has 0 aliphatic rings. The van der Waals surface area contributed by atoms with Crippen LogP contribution in [0.3, 0.4) is 0 Å². The molecule has 0 aliphatic carbocycles. The highest BCUT2D eigenvalue weighted by atomic mass is 32.1. The second-order valence-corrected chi connectivity index (χ2v) is 6.18. The van der Waals surface area contributed by atoms with Gasteiger partial charge >= 0.3 is 0 Å². The van der Waals surface area contributed by atoms with E-state index in [1.165, 1.54) is 0 Å². The fourth-order valence-corrected chi connectivity index (χ4v) is 2.55. The van der Waals surface area contributed by atoms with Crippen LogP contribution in [0.1, 0.15) is 27.7 Å². The van der Waals surface area contributed by atoms with Crippen LogP contribution in [0.15, 0.2) is 0 Å². The van der Waals surface area contributed by atoms with E-state index in [0.29, 0.717) is 5.75 Å². The molecule has 0 aliphatic heterocycles. The van der Waals surface area contributed by atoms with Crippen molar-refractivity contribution in [1.29, 1.82) is 0 Å². The molecule has 0 bridgehead atoms. The second-order valence-electron chi connectivity index (χ2n) is 5.74. The lowest BCUT2D eigenvalue weighted by atomic mass is 9.99. The van der Waals surface area contributed by atoms with Crippen molar-refractivity contribution in [3.63, 3.8) is 0 Å². The SMILES string of the molecule is CNC(=O)C(NC(=O)[C@H](C(C)C)N(C)CCS)C(C)C. The second kappa shape index (κ2) is 9.23. The summed E-state index contributed by atoms with van der Waals surface area (Å²) < 4.78 is 0. The zero-order valence-electron chi connectivity index (χ0n) is 13.4. The predicted octanol–water partition coefficient (Wildman–Crippen LogP) is 0.759. The van der Waals surface area contributed by atoms with Crippen molar-refractivity contribution in [3.05, 3.63) is 0 Å². The molecular weight excluding hydrogens is 274 g/mol. The predicted molar refractivity (Wildman–Crippen MR) is 85.9 cm³/mol. The van der Waals surface area contributed by atoms with E-state index < -0.39 is 6.04 Å². The maximum absolute atomic E-state index is 12.5. The van der Waals surface area contributed by atoms with Crippen LogP contribution in [0.4, 0.5) is 0 Å². The van der Waals surface area contributed by atoms with Crippen LogP contribution >= 0.6 is 12.6 Å². The summed E-state index contributed by atoms with van der Waals surface area (Å²) in [5, 5.41) is 5.47. The number of carbonyl (C=O) groups is 2. The largest absolute Gasteiger partial charge is 0.357 e. The van der Waals surface area contributed by atoms with Crippen molar-refractivity contribution in [1.82, 2.24) is 15.5 Å². The molecular formula is C14H29N3O2S. The van der Waals surface area contributed by atoms with Crippen molar-refractivity contribution < 1.29 is 9.59 Å². The first-order valence-corrected chi connectivity index (χ1v) is 7.72. The quantitative estimate of drug-likeness (QED) is 0.580. The highest BCUT2D eigenvalue weighted by Gasteiger charge is 2.30. The maximum Gasteiger partial charge on any atom is 0.242 e. The Morgan fingerprint density at radius 3 is 2.00 bits per heavy atom. The van der Waals surface area contributed by atoms with Gasteiger partial charge in [-0.2, -0.15) is 12.6 Å². The number of likely N-dealkylation sites (N-methyl/N-ethyl adjacent to an activating group) is 2. The van der Waals surface area contributed by atoms with Gasteiger partial charge < -0.3 is 10.6 Å². The van der Waals surface area contributed by atoms with Crippen molar-refractivity contribution in [2.45, 2.75) is 39.8 Å². The monoisotopic (exact) mass is 303 g/mol. The molecule has 0 aromatic rings. The van der Waals surface area contributed by atoms with E-state index in [0.717, 1.165) is 6.54 Å². The summed E-state index contributed by atoms with van der Waals surface area (Å²) >= 11 is 4.20. The van der Waals surface area contributed by atoms with Gasteiger partial charge in [0, 0.05) is 19.3 Å². The Morgan fingerprint density at radius 2 is 1.65 bits per heavy atom. The smallest absolute Gasteiger partial charge is 0.242 e. The number of hydrogen-bond acceptors (Lipinski definition) is 4. The van der Waals surface area contributed by atoms with E-state index in [4.69, 9.17) is 0 Å². The van der Waals surface area contributed by atoms with Crippen LogP contribution in [-0.2, 0) is 9.59 Å². The van der Waals surface area contributed by atoms with Crippen molar-refractivity contribution in [3.8, 4) is 0 Å². The molecule has 0 saturated heterocycles. The summed E-state index contributed by atoms with van der Waals surface area (Å²) in [4.78, 5) is 26.3. The molecule has 2 atom stereocenters. The molecule has 5 nitrogen and oxygen atoms in total. The Kier molecular flexibility index (Phi) is 8.89. The third kappa shape index (κ3) is 5.71. The topological polar surface area (TPSA) is 61.4 Å². The van der Waals surface area contributed by atoms with Gasteiger partial charge in [-0.25, -0.2) is 0 Å². The first kappa shape index (κ1) is 19.2. The number of nitrogens with one attached hydrogen (secondary N) is 2. The van der Waals surface area contributed by atoms with Crippen LogP contribution in [0.2, 0.25) is 0 Å². The third-order valence-electron chi connectivity index (χ3n) is 3.32. The Labute approximate surface area is 128 Å². The number of amides is 2. The molecule has 0 aromatic carbocycles. The van der Waals surface area contributed by atoms with E-state index in [-0.39, 0.29) is 29.7 Å². The molecule has 0 saturated carbocycles. The van der Waals surface area contributed by atoms with Crippen LogP contribution in [0.5, 0.6) is 0 Å². The number of thiol groups is 1. The number of hydrogen-bond donors (Lipinski definition) is 3. The van der Waals surface area contributed by atoms with Gasteiger partial charge in [-0.15, -0.1) is 0 Å². The molecule has 1 unspecified atom stereocenters. The zero-order chi connectivity index (χ0) is 15.9. The minimum absolute atomic E-state index is 0.0434. The highest BCUT2D eigenvalue weighted by molar-refractivity contribution is 7.80. The number of rotatable bonds is 8. The highest BCUT2D eigenvalue weighted by Crippen LogP contribution is 2.11. The molecule has 0 rings (SSSR count). The molecule has 0 aromatic heterocycles. The molecule has 0 spiro atoms. The number of nitrogens with zero attached hydrogens (tertiary/aromatic N) is 1. The van der Waals surface area contributed by atoms with Crippen LogP contribution in [0.25, 0.3) is 0 Å². The average molecular weight is 303 g/mol. The van der Waals surface area contributed by atoms with E-state index in [1.54, 1.807) is 7.05 Å². The Balaban J connectivity index is 4.94. The summed E-state index contributed by atoms with van der Waals surface area (Å²) in [7, 11) is 3.49. The van der Waals surface area contributed by atoms with Crippen molar-refractivity contribution >= 4 is 24.4 Å². The van der Waals surface area contributed by atoms with Crippen LogP contribution < -0.4 is 10.6 Å². The van der Waals surface area contributed by atoms with Gasteiger partial charge in [0.2, 0.25) is 11.8 Å². The summed E-state index contributed by atoms with van der Waals surface area (Å²) in [6, 6.07) is -0.758. The van der Waals surface area contributed by atoms with E-state index in [9.17, 15) is 9.59 Å². The summed E-state index contributed by atoms with van der Waals surface area (Å²) in [5.74, 6) is 0.634. The fourth-order valence-electron chi connectivity index (χ4n) is 2.24. The van der Waals surface area contributed by atoms with Crippen molar-refractivity contribution in [2.75, 3.05) is 26.4 Å². The molecule has 2 N–H and O–H groups in total. The van der Waals surface area contributed by atoms with Gasteiger partial charge in [0.05, 0.1) is 6.04 Å². The first-order chi connectivity index (χ1) is 9.26. The van der Waals surface area contributed by atoms with Gasteiger partial charge in [0.25, 0.3) is 0 Å². The molecule has 2 amide bonds. The molecule has 0 fully saturated rings. The standard InChI is InChI=1S/C14H29N3O2S/c1-9(2)11(13(18)15-5)16-14(19)12(10(3)4)17(6)7-8-20/h9-12,20H,7-8H2,1-6H3,(H,15,18)(H,16,19)/t11?,12-/m0/s1. The summed E-state index contributed by atoms with van der Waals surface area (Å²) in [5.41, 5.74) is 0. The lowest BCUT2D eigenvalue weighted by Gasteiger charge is -2.32. The Bertz CT molecular complexity index is 322. The average Bonchev–Trinajstić information content (AvgIpc) is 2.34. The molecule has 118 valence electrons. The van der Waals surface area contributed by atoms with Crippen molar-refractivity contribution in [2.24, 2.45) is 11.8 Å². The molecule has 6 heteroatoms. The minimum Gasteiger partial charge on any atom is -0.357 e. The van der Waals surface area contributed by atoms with Gasteiger partial charge in [0.1, 0.15) is 6.04 Å². The van der Waals surface area contributed by atoms with Gasteiger partial charge in [0.15, 0.2) is 0 Å². The third-order valence-corrected chi connectivity index (χ3v) is 3.52. The Hall–Kier alpha value is -0.750. The van der Waals surface area contributed by atoms with E-state index in [2.05, 4.69) is 23.3 Å². The lowest BCUT2D eigenvalue weighted by Crippen LogP contribution is -2.56. The van der Waals surface area contributed by atoms with E-state index in [1.807, 2.05) is 39.6 Å². The van der Waals surface area contributed by atoms with Gasteiger partial charge in [-0.3, -0.25) is 14.5 Å². The molecule has 0 heterocycles. The first-order valence-electron chi connectivity index (χ1n) is 7.09. The molecule has 20 heavy (non-hydrogen) atoms. The zero-order valence-corrected chi connectivity index (χ0v) is 14.3. The molecule has 0 radical (unpaired) electrons.